The largest absolute Gasteiger partial charge is 0.508 e. The first-order valence-electron chi connectivity index (χ1n) is 7.21. The van der Waals surface area contributed by atoms with Crippen LogP contribution < -0.4 is 0 Å². The third-order valence-electron chi connectivity index (χ3n) is 3.11. The predicted octanol–water partition coefficient (Wildman–Crippen LogP) is 6.56. The molecule has 0 aromatic heterocycles. The fourth-order valence-electron chi connectivity index (χ4n) is 1.86. The zero-order valence-corrected chi connectivity index (χ0v) is 12.6. The molecule has 2 N–H and O–H groups in total. The van der Waals surface area contributed by atoms with Gasteiger partial charge in [-0.05, 0) is 72.8 Å². The van der Waals surface area contributed by atoms with Crippen LogP contribution in [0.5, 0.6) is 11.5 Å². The lowest BCUT2D eigenvalue weighted by Crippen LogP contribution is -1.67. The lowest BCUT2D eigenvalue weighted by Gasteiger charge is -1.96. The average molecular weight is 334 g/mol. The highest BCUT2D eigenvalue weighted by atomic mass is 16.3. The number of hydrogen-bond donors (Lipinski definition) is 2. The monoisotopic (exact) mass is 334 g/mol. The Labute approximate surface area is 145 Å². The summed E-state index contributed by atoms with van der Waals surface area (Å²) >= 11 is 0. The Balaban J connectivity index is 0.00000225. The predicted molar refractivity (Wildman–Crippen MR) is 97.7 cm³/mol. The van der Waals surface area contributed by atoms with E-state index in [1.165, 1.54) is 0 Å². The van der Waals surface area contributed by atoms with Gasteiger partial charge < -0.3 is 10.2 Å². The second kappa shape index (κ2) is 8.35. The summed E-state index contributed by atoms with van der Waals surface area (Å²) in [5.74, 6) is 0.384. The van der Waals surface area contributed by atoms with Gasteiger partial charge in [-0.15, -0.1) is 0 Å². The van der Waals surface area contributed by atoms with Gasteiger partial charge in [0.1, 0.15) is 11.5 Å². The van der Waals surface area contributed by atoms with Gasteiger partial charge in [-0.25, -0.2) is 0 Å². The number of azo groups is 2. The highest BCUT2D eigenvalue weighted by Crippen LogP contribution is 2.24. The van der Waals surface area contributed by atoms with Crippen LogP contribution in [-0.4, -0.2) is 10.2 Å². The minimum atomic E-state index is 0. The summed E-state index contributed by atoms with van der Waals surface area (Å²) in [7, 11) is 0. The van der Waals surface area contributed by atoms with Crippen molar-refractivity contribution in [2.75, 3.05) is 0 Å². The van der Waals surface area contributed by atoms with Crippen LogP contribution in [0.3, 0.4) is 0 Å². The number of hydrogen-bond acceptors (Lipinski definition) is 6. The topological polar surface area (TPSA) is 89.9 Å². The third kappa shape index (κ3) is 5.24. The molecule has 126 valence electrons. The Bertz CT molecular complexity index is 781. The average Bonchev–Trinajstić information content (AvgIpc) is 2.62. The Morgan fingerprint density at radius 2 is 0.600 bits per heavy atom. The number of rotatable bonds is 4. The molecule has 3 aromatic carbocycles. The van der Waals surface area contributed by atoms with E-state index in [-0.39, 0.29) is 18.9 Å². The fraction of sp³-hybridized carbons (Fsp3) is 0.0526. The molecule has 0 radical (unpaired) electrons. The molecule has 0 bridgehead atoms. The quantitative estimate of drug-likeness (QED) is 0.529. The molecule has 6 nitrogen and oxygen atoms in total. The zero-order chi connectivity index (χ0) is 16.8. The van der Waals surface area contributed by atoms with Crippen LogP contribution in [0.15, 0.2) is 93.3 Å². The van der Waals surface area contributed by atoms with Gasteiger partial charge in [0.2, 0.25) is 0 Å². The molecule has 0 amide bonds. The van der Waals surface area contributed by atoms with E-state index in [9.17, 15) is 10.2 Å². The first kappa shape index (κ1) is 17.8. The normalized spacial score (nSPS) is 10.9. The van der Waals surface area contributed by atoms with Crippen LogP contribution >= 0.6 is 0 Å². The summed E-state index contributed by atoms with van der Waals surface area (Å²) < 4.78 is 0. The van der Waals surface area contributed by atoms with Gasteiger partial charge in [0.15, 0.2) is 0 Å². The van der Waals surface area contributed by atoms with Gasteiger partial charge in [0, 0.05) is 0 Å². The number of aromatic hydroxyl groups is 2. The molecule has 0 fully saturated rings. The number of benzene rings is 3. The van der Waals surface area contributed by atoms with E-state index in [0.717, 1.165) is 0 Å². The van der Waals surface area contributed by atoms with E-state index in [4.69, 9.17) is 0 Å². The molecular weight excluding hydrogens is 316 g/mol. The molecule has 0 heterocycles. The minimum absolute atomic E-state index is 0. The van der Waals surface area contributed by atoms with Crippen molar-refractivity contribution in [3.05, 3.63) is 72.8 Å². The maximum absolute atomic E-state index is 9.21. The first-order valence-corrected chi connectivity index (χ1v) is 7.21. The van der Waals surface area contributed by atoms with Gasteiger partial charge in [-0.1, -0.05) is 7.43 Å². The smallest absolute Gasteiger partial charge is 0.115 e. The van der Waals surface area contributed by atoms with Gasteiger partial charge in [-0.2, -0.15) is 20.5 Å². The van der Waals surface area contributed by atoms with E-state index < -0.39 is 0 Å². The molecule has 0 saturated heterocycles. The van der Waals surface area contributed by atoms with Gasteiger partial charge >= 0.3 is 0 Å². The van der Waals surface area contributed by atoms with Crippen LogP contribution in [0.25, 0.3) is 0 Å². The highest BCUT2D eigenvalue weighted by Gasteiger charge is 1.95. The number of nitrogens with zero attached hydrogens (tertiary/aromatic N) is 4. The SMILES string of the molecule is C.Oc1ccc(N=Nc2ccc(N=Nc3ccc(O)cc3)cc2)cc1. The molecular formula is C19H18N4O2. The standard InChI is InChI=1S/C18H14N4O2.CH4/c23-17-9-5-15(6-10-17)21-19-13-1-2-14(4-3-13)20-22-16-7-11-18(24)12-8-16;/h1-12,23-24H;1H4. The van der Waals surface area contributed by atoms with Crippen molar-refractivity contribution in [1.82, 2.24) is 0 Å². The van der Waals surface area contributed by atoms with E-state index in [2.05, 4.69) is 20.5 Å². The molecule has 0 unspecified atom stereocenters. The maximum Gasteiger partial charge on any atom is 0.115 e. The highest BCUT2D eigenvalue weighted by molar-refractivity contribution is 5.48. The second-order valence-corrected chi connectivity index (χ2v) is 4.95. The third-order valence-corrected chi connectivity index (χ3v) is 3.11. The van der Waals surface area contributed by atoms with Crippen LogP contribution in [0.4, 0.5) is 22.7 Å². The van der Waals surface area contributed by atoms with Gasteiger partial charge in [0.25, 0.3) is 0 Å². The van der Waals surface area contributed by atoms with Crippen molar-refractivity contribution < 1.29 is 10.2 Å². The van der Waals surface area contributed by atoms with Crippen LogP contribution in [0.2, 0.25) is 0 Å². The summed E-state index contributed by atoms with van der Waals surface area (Å²) in [6.45, 7) is 0. The van der Waals surface area contributed by atoms with E-state index in [0.29, 0.717) is 22.7 Å². The number of phenols is 2. The van der Waals surface area contributed by atoms with Crippen molar-refractivity contribution in [2.45, 2.75) is 7.43 Å². The lowest BCUT2D eigenvalue weighted by molar-refractivity contribution is 0.475. The van der Waals surface area contributed by atoms with Crippen LogP contribution in [-0.2, 0) is 0 Å². The molecule has 0 atom stereocenters. The van der Waals surface area contributed by atoms with Crippen molar-refractivity contribution in [1.29, 1.82) is 0 Å². The molecule has 3 rings (SSSR count). The molecule has 0 spiro atoms. The molecule has 0 saturated carbocycles. The minimum Gasteiger partial charge on any atom is -0.508 e. The Morgan fingerprint density at radius 3 is 0.840 bits per heavy atom. The van der Waals surface area contributed by atoms with Crippen LogP contribution in [0, 0.1) is 0 Å². The second-order valence-electron chi connectivity index (χ2n) is 4.95. The summed E-state index contributed by atoms with van der Waals surface area (Å²) in [6.07, 6.45) is 0. The molecule has 6 heteroatoms. The van der Waals surface area contributed by atoms with Crippen molar-refractivity contribution in [2.24, 2.45) is 20.5 Å². The Kier molecular flexibility index (Phi) is 5.95. The fourth-order valence-corrected chi connectivity index (χ4v) is 1.86. The Morgan fingerprint density at radius 1 is 0.400 bits per heavy atom. The van der Waals surface area contributed by atoms with Gasteiger partial charge in [-0.3, -0.25) is 0 Å². The summed E-state index contributed by atoms with van der Waals surface area (Å²) in [4.78, 5) is 0. The van der Waals surface area contributed by atoms with E-state index in [1.807, 2.05) is 0 Å². The molecule has 25 heavy (non-hydrogen) atoms. The first-order chi connectivity index (χ1) is 11.7. The summed E-state index contributed by atoms with van der Waals surface area (Å²) in [6, 6.07) is 20.1. The summed E-state index contributed by atoms with van der Waals surface area (Å²) in [5.41, 5.74) is 2.69. The molecule has 0 aliphatic carbocycles. The van der Waals surface area contributed by atoms with Gasteiger partial charge in [0.05, 0.1) is 22.7 Å². The van der Waals surface area contributed by atoms with Crippen molar-refractivity contribution >= 4 is 22.7 Å². The number of phenolic OH excluding ortho intramolecular Hbond substituents is 2. The maximum atomic E-state index is 9.21. The van der Waals surface area contributed by atoms with E-state index in [1.54, 1.807) is 72.8 Å². The zero-order valence-electron chi connectivity index (χ0n) is 12.6. The van der Waals surface area contributed by atoms with E-state index >= 15 is 0 Å². The lowest BCUT2D eigenvalue weighted by atomic mass is 10.3. The van der Waals surface area contributed by atoms with Crippen LogP contribution in [0.1, 0.15) is 7.43 Å². The summed E-state index contributed by atoms with van der Waals surface area (Å²) in [5, 5.41) is 34.8. The van der Waals surface area contributed by atoms with Crippen molar-refractivity contribution in [3.63, 3.8) is 0 Å². The molecule has 0 aliphatic rings. The molecule has 3 aromatic rings. The Hall–Kier alpha value is -3.54. The molecule has 0 aliphatic heterocycles. The van der Waals surface area contributed by atoms with Crippen molar-refractivity contribution in [3.8, 4) is 11.5 Å².